The van der Waals surface area contributed by atoms with Gasteiger partial charge in [0.25, 0.3) is 0 Å². The maximum Gasteiger partial charge on any atom is 0.0543 e. The van der Waals surface area contributed by atoms with Crippen LogP contribution in [0.2, 0.25) is 0 Å². The van der Waals surface area contributed by atoms with Crippen LogP contribution in [-0.4, -0.2) is 70.1 Å². The maximum absolute atomic E-state index is 10.2. The first-order valence-corrected chi connectivity index (χ1v) is 15.9. The molecular weight excluding hydrogens is 512 g/mol. The second kappa shape index (κ2) is 17.9. The van der Waals surface area contributed by atoms with Crippen LogP contribution in [0.5, 0.6) is 0 Å². The molecule has 3 saturated carbocycles. The zero-order chi connectivity index (χ0) is 25.0. The van der Waals surface area contributed by atoms with Crippen LogP contribution in [0.15, 0.2) is 0 Å². The Balaban J connectivity index is 0.00000361. The highest BCUT2D eigenvalue weighted by molar-refractivity contribution is 6.20. The molecule has 4 fully saturated rings. The number of alkyl halides is 1. The van der Waals surface area contributed by atoms with Crippen LogP contribution >= 0.6 is 11.6 Å². The second-order valence-corrected chi connectivity index (χ2v) is 14.9. The molecule has 0 radical (unpaired) electrons. The van der Waals surface area contributed by atoms with E-state index < -0.39 is 0 Å². The van der Waals surface area contributed by atoms with Gasteiger partial charge in [-0.25, -0.2) is 0 Å². The van der Waals surface area contributed by atoms with E-state index in [1.165, 1.54) is 96.8 Å². The standard InChI is InChI=1S/C31H57ClN2O.CH4.3H2O/c1-22(2)30(33-19-23-7-5-8-25(17-23)26-9-6-10-28(35)18-26)20-34-16-15-29(31(3,4)21-34)24-11-13-27(32)14-12-24;;;;/h22-30,33,35H,5-21H2,1-4H3;1H4;3*1H2/t23?,24?,25?,26?,27?,28?,29-,30+;;;;/m1..../s1. The lowest BCUT2D eigenvalue weighted by atomic mass is 9.64. The van der Waals surface area contributed by atoms with E-state index in [1.807, 2.05) is 0 Å². The Morgan fingerprint density at radius 2 is 1.46 bits per heavy atom. The van der Waals surface area contributed by atoms with Crippen molar-refractivity contribution in [1.82, 2.24) is 10.2 Å². The van der Waals surface area contributed by atoms with E-state index in [0.29, 0.717) is 22.8 Å². The zero-order valence-corrected chi connectivity index (χ0v) is 25.7. The third-order valence-electron chi connectivity index (χ3n) is 10.8. The fourth-order valence-electron chi connectivity index (χ4n) is 8.68. The molecule has 0 aromatic heterocycles. The molecule has 1 aliphatic heterocycles. The van der Waals surface area contributed by atoms with Gasteiger partial charge in [0.05, 0.1) is 6.10 Å². The lowest BCUT2D eigenvalue weighted by Crippen LogP contribution is -2.53. The molecule has 3 aliphatic carbocycles. The summed E-state index contributed by atoms with van der Waals surface area (Å²) in [6, 6.07) is 0.589. The molecule has 236 valence electrons. The molecule has 7 heteroatoms. The molecule has 0 amide bonds. The van der Waals surface area contributed by atoms with Gasteiger partial charge in [0.15, 0.2) is 0 Å². The summed E-state index contributed by atoms with van der Waals surface area (Å²) in [5.41, 5.74) is 0.407. The van der Waals surface area contributed by atoms with E-state index in [9.17, 15) is 5.11 Å². The van der Waals surface area contributed by atoms with Crippen molar-refractivity contribution in [3.05, 3.63) is 0 Å². The van der Waals surface area contributed by atoms with Crippen molar-refractivity contribution in [2.45, 2.75) is 136 Å². The quantitative estimate of drug-likeness (QED) is 0.380. The molecule has 4 unspecified atom stereocenters. The molecule has 0 bridgehead atoms. The number of piperidine rings is 1. The number of nitrogens with zero attached hydrogens (tertiary/aromatic N) is 1. The number of nitrogens with one attached hydrogen (secondary N) is 1. The van der Waals surface area contributed by atoms with E-state index in [2.05, 4.69) is 37.9 Å². The van der Waals surface area contributed by atoms with Gasteiger partial charge in [-0.1, -0.05) is 54.4 Å². The molecular formula is C32H67ClN2O4. The predicted molar refractivity (Wildman–Crippen MR) is 168 cm³/mol. The fourth-order valence-corrected chi connectivity index (χ4v) is 8.93. The molecule has 4 rings (SSSR count). The molecule has 1 heterocycles. The highest BCUT2D eigenvalue weighted by atomic mass is 35.5. The molecule has 1 saturated heterocycles. The Bertz CT molecular complexity index is 644. The Morgan fingerprint density at radius 3 is 2.05 bits per heavy atom. The number of halogens is 1. The van der Waals surface area contributed by atoms with Crippen molar-refractivity contribution in [1.29, 1.82) is 0 Å². The number of rotatable bonds is 8. The van der Waals surface area contributed by atoms with Crippen molar-refractivity contribution >= 4 is 11.6 Å². The van der Waals surface area contributed by atoms with E-state index in [0.717, 1.165) is 42.4 Å². The SMILES string of the molecule is C.CC(C)[C@H](CN1CC[C@H](C2CCC(Cl)CC2)C(C)(C)C1)NCC1CCCC(C2CCCC(O)C2)C1.O.O.O. The van der Waals surface area contributed by atoms with Crippen LogP contribution in [0.25, 0.3) is 0 Å². The largest absolute Gasteiger partial charge is 0.412 e. The number of aliphatic hydroxyl groups is 1. The molecule has 6 atom stereocenters. The normalized spacial score (nSPS) is 35.9. The van der Waals surface area contributed by atoms with Crippen LogP contribution in [-0.2, 0) is 0 Å². The first-order chi connectivity index (χ1) is 16.7. The monoisotopic (exact) mass is 578 g/mol. The van der Waals surface area contributed by atoms with Crippen LogP contribution in [0, 0.1) is 40.9 Å². The van der Waals surface area contributed by atoms with Gasteiger partial charge in [-0.2, -0.15) is 0 Å². The minimum Gasteiger partial charge on any atom is -0.412 e. The Labute approximate surface area is 246 Å². The van der Waals surface area contributed by atoms with E-state index in [-0.39, 0.29) is 30.0 Å². The fraction of sp³-hybridized carbons (Fsp3) is 1.00. The lowest BCUT2D eigenvalue weighted by Gasteiger charge is -2.49. The summed E-state index contributed by atoms with van der Waals surface area (Å²) >= 11 is 6.42. The summed E-state index contributed by atoms with van der Waals surface area (Å²) in [5.74, 6) is 4.90. The molecule has 0 aromatic carbocycles. The van der Waals surface area contributed by atoms with Crippen molar-refractivity contribution in [2.75, 3.05) is 26.2 Å². The van der Waals surface area contributed by atoms with Gasteiger partial charge < -0.3 is 31.8 Å². The Kier molecular flexibility index (Phi) is 17.9. The number of hydrogen-bond acceptors (Lipinski definition) is 3. The van der Waals surface area contributed by atoms with Gasteiger partial charge in [-0.3, -0.25) is 0 Å². The predicted octanol–water partition coefficient (Wildman–Crippen LogP) is 5.27. The van der Waals surface area contributed by atoms with Crippen LogP contribution in [0.1, 0.15) is 119 Å². The van der Waals surface area contributed by atoms with Crippen LogP contribution < -0.4 is 5.32 Å². The highest BCUT2D eigenvalue weighted by Crippen LogP contribution is 2.45. The van der Waals surface area contributed by atoms with Gasteiger partial charge in [0.1, 0.15) is 0 Å². The summed E-state index contributed by atoms with van der Waals surface area (Å²) in [7, 11) is 0. The summed E-state index contributed by atoms with van der Waals surface area (Å²) < 4.78 is 0. The molecule has 0 spiro atoms. The Hall–Kier alpha value is 0.0500. The number of aliphatic hydroxyl groups excluding tert-OH is 1. The van der Waals surface area contributed by atoms with Crippen molar-refractivity contribution in [2.24, 2.45) is 40.9 Å². The van der Waals surface area contributed by atoms with Crippen molar-refractivity contribution < 1.29 is 21.5 Å². The average molecular weight is 579 g/mol. The third kappa shape index (κ3) is 11.0. The molecule has 6 nitrogen and oxygen atoms in total. The van der Waals surface area contributed by atoms with E-state index in [4.69, 9.17) is 11.6 Å². The number of likely N-dealkylation sites (tertiary alicyclic amines) is 1. The Morgan fingerprint density at radius 1 is 0.846 bits per heavy atom. The molecule has 8 N–H and O–H groups in total. The van der Waals surface area contributed by atoms with E-state index >= 15 is 0 Å². The van der Waals surface area contributed by atoms with Gasteiger partial charge in [0, 0.05) is 24.5 Å². The van der Waals surface area contributed by atoms with E-state index in [1.54, 1.807) is 0 Å². The van der Waals surface area contributed by atoms with Crippen molar-refractivity contribution in [3.63, 3.8) is 0 Å². The minimum absolute atomic E-state index is 0. The zero-order valence-electron chi connectivity index (χ0n) is 25.0. The highest BCUT2D eigenvalue weighted by Gasteiger charge is 2.41. The molecule has 39 heavy (non-hydrogen) atoms. The average Bonchev–Trinajstić information content (AvgIpc) is 2.82. The minimum atomic E-state index is -0.0266. The second-order valence-electron chi connectivity index (χ2n) is 14.3. The molecule has 0 aromatic rings. The lowest BCUT2D eigenvalue weighted by molar-refractivity contribution is 0.00439. The maximum atomic E-state index is 10.2. The number of hydrogen-bond donors (Lipinski definition) is 2. The topological polar surface area (TPSA) is 130 Å². The van der Waals surface area contributed by atoms with Crippen LogP contribution in [0.3, 0.4) is 0 Å². The van der Waals surface area contributed by atoms with Crippen LogP contribution in [0.4, 0.5) is 0 Å². The third-order valence-corrected chi connectivity index (χ3v) is 11.2. The molecule has 4 aliphatic rings. The van der Waals surface area contributed by atoms with Gasteiger partial charge in [-0.15, -0.1) is 11.6 Å². The van der Waals surface area contributed by atoms with Gasteiger partial charge in [0.2, 0.25) is 0 Å². The first kappa shape index (κ1) is 39.0. The van der Waals surface area contributed by atoms with Gasteiger partial charge >= 0.3 is 0 Å². The first-order valence-electron chi connectivity index (χ1n) is 15.5. The smallest absolute Gasteiger partial charge is 0.0543 e. The van der Waals surface area contributed by atoms with Crippen molar-refractivity contribution in [3.8, 4) is 0 Å². The summed E-state index contributed by atoms with van der Waals surface area (Å²) in [6.07, 6.45) is 16.8. The van der Waals surface area contributed by atoms with Gasteiger partial charge in [-0.05, 0) is 118 Å². The summed E-state index contributed by atoms with van der Waals surface area (Å²) in [5, 5.41) is 14.7. The summed E-state index contributed by atoms with van der Waals surface area (Å²) in [4.78, 5) is 2.79. The summed E-state index contributed by atoms with van der Waals surface area (Å²) in [6.45, 7) is 14.8.